The van der Waals surface area contributed by atoms with Crippen molar-refractivity contribution in [3.63, 3.8) is 0 Å². The molecule has 0 aromatic heterocycles. The minimum atomic E-state index is -0.894. The fourth-order valence-corrected chi connectivity index (χ4v) is 3.96. The highest BCUT2D eigenvalue weighted by atomic mass is 16.6. The molecule has 0 fully saturated rings. The molecule has 3 rings (SSSR count). The Bertz CT molecular complexity index is 1270. The summed E-state index contributed by atoms with van der Waals surface area (Å²) >= 11 is 0. The zero-order valence-electron chi connectivity index (χ0n) is 22.3. The molecule has 0 bridgehead atoms. The quantitative estimate of drug-likeness (QED) is 0.200. The molecule has 0 radical (unpaired) electrons. The van der Waals surface area contributed by atoms with Gasteiger partial charge in [-0.1, -0.05) is 67.1 Å². The highest BCUT2D eigenvalue weighted by Gasteiger charge is 2.21. The van der Waals surface area contributed by atoms with Crippen molar-refractivity contribution in [2.45, 2.75) is 51.2 Å². The number of benzene rings is 3. The van der Waals surface area contributed by atoms with Gasteiger partial charge >= 0.3 is 18.2 Å². The minimum Gasteiger partial charge on any atom is -0.481 e. The summed E-state index contributed by atoms with van der Waals surface area (Å²) < 4.78 is 10.6. The van der Waals surface area contributed by atoms with E-state index in [0.29, 0.717) is 38.0 Å². The maximum absolute atomic E-state index is 12.8. The second kappa shape index (κ2) is 16.4. The van der Waals surface area contributed by atoms with Gasteiger partial charge in [-0.15, -0.1) is 0 Å². The first kappa shape index (κ1) is 29.9. The molecule has 0 unspecified atom stereocenters. The molecule has 1 atom stereocenters. The molecule has 40 heavy (non-hydrogen) atoms. The molecule has 10 heteroatoms. The summed E-state index contributed by atoms with van der Waals surface area (Å²) in [5.41, 5.74) is 0.867. The average molecular weight is 550 g/mol. The lowest BCUT2D eigenvalue weighted by molar-refractivity contribution is -0.137. The van der Waals surface area contributed by atoms with Gasteiger partial charge in [0.25, 0.3) is 0 Å². The molecule has 0 aliphatic carbocycles. The Labute approximate surface area is 233 Å². The Hall–Kier alpha value is -4.60. The number of ether oxygens (including phenoxy) is 2. The van der Waals surface area contributed by atoms with Crippen LogP contribution in [0.1, 0.15) is 44.1 Å². The summed E-state index contributed by atoms with van der Waals surface area (Å²) in [6.07, 6.45) is 1.17. The highest BCUT2D eigenvalue weighted by molar-refractivity contribution is 5.87. The first-order chi connectivity index (χ1) is 19.4. The Morgan fingerprint density at radius 1 is 0.750 bits per heavy atom. The number of unbranched alkanes of at least 4 members (excludes halogenated alkanes) is 2. The molecule has 0 aliphatic heterocycles. The standard InChI is InChI=1S/C30H35N3O7/c34-27(35)15-5-2-8-18-31-28(36)26(14-9-19-32-29(37)39-21-22-10-3-1-4-11-22)33-30(38)40-25-17-16-23-12-6-7-13-24(23)20-25/h1,3-4,6-7,10-13,16-17,20,26H,2,5,8-9,14-15,18-19,21H2,(H,31,36)(H,32,37)(H,33,38)(H,34,35)/t26-/m0/s1. The Kier molecular flexibility index (Phi) is 12.3. The van der Waals surface area contributed by atoms with Gasteiger partial charge < -0.3 is 30.5 Å². The topological polar surface area (TPSA) is 143 Å². The lowest BCUT2D eigenvalue weighted by Gasteiger charge is -2.18. The molecule has 0 aliphatic rings. The molecule has 4 N–H and O–H groups in total. The fraction of sp³-hybridized carbons (Fsp3) is 0.333. The Morgan fingerprint density at radius 2 is 1.48 bits per heavy atom. The number of amides is 3. The first-order valence-electron chi connectivity index (χ1n) is 13.3. The van der Waals surface area contributed by atoms with E-state index < -0.39 is 24.2 Å². The Morgan fingerprint density at radius 3 is 2.25 bits per heavy atom. The summed E-state index contributed by atoms with van der Waals surface area (Å²) in [5.74, 6) is -0.896. The van der Waals surface area contributed by atoms with Gasteiger partial charge in [-0.3, -0.25) is 9.59 Å². The molecule has 3 amide bonds. The Balaban J connectivity index is 1.48. The predicted octanol–water partition coefficient (Wildman–Crippen LogP) is 4.76. The molecule has 212 valence electrons. The number of rotatable bonds is 15. The van der Waals surface area contributed by atoms with Crippen molar-refractivity contribution in [1.82, 2.24) is 16.0 Å². The lowest BCUT2D eigenvalue weighted by atomic mass is 10.1. The monoisotopic (exact) mass is 549 g/mol. The second-order valence-corrected chi connectivity index (χ2v) is 9.22. The van der Waals surface area contributed by atoms with Crippen molar-refractivity contribution in [2.24, 2.45) is 0 Å². The van der Waals surface area contributed by atoms with Gasteiger partial charge in [-0.2, -0.15) is 0 Å². The maximum atomic E-state index is 12.8. The van der Waals surface area contributed by atoms with Gasteiger partial charge in [0, 0.05) is 19.5 Å². The SMILES string of the molecule is O=C(O)CCCCCNC(=O)[C@H](CCCNC(=O)OCc1ccccc1)NC(=O)Oc1ccc2ccccc2c1. The average Bonchev–Trinajstić information content (AvgIpc) is 2.95. The van der Waals surface area contributed by atoms with Gasteiger partial charge in [-0.05, 0) is 54.2 Å². The van der Waals surface area contributed by atoms with E-state index in [4.69, 9.17) is 14.6 Å². The van der Waals surface area contributed by atoms with Gasteiger partial charge in [0.1, 0.15) is 18.4 Å². The van der Waals surface area contributed by atoms with Crippen LogP contribution >= 0.6 is 0 Å². The number of carboxylic acids is 1. The molecule has 0 saturated heterocycles. The number of carboxylic acid groups (broad SMARTS) is 1. The third-order valence-corrected chi connectivity index (χ3v) is 6.06. The number of fused-ring (bicyclic) bond motifs is 1. The van der Waals surface area contributed by atoms with Crippen LogP contribution in [0.4, 0.5) is 9.59 Å². The van der Waals surface area contributed by atoms with E-state index in [1.165, 1.54) is 0 Å². The van der Waals surface area contributed by atoms with Crippen molar-refractivity contribution in [2.75, 3.05) is 13.1 Å². The second-order valence-electron chi connectivity index (χ2n) is 9.22. The summed E-state index contributed by atoms with van der Waals surface area (Å²) in [6, 6.07) is 21.3. The first-order valence-corrected chi connectivity index (χ1v) is 13.3. The van der Waals surface area contributed by atoms with Crippen LogP contribution in [0.3, 0.4) is 0 Å². The predicted molar refractivity (Wildman–Crippen MR) is 150 cm³/mol. The molecule has 0 heterocycles. The molecule has 3 aromatic rings. The van der Waals surface area contributed by atoms with Crippen molar-refractivity contribution in [3.05, 3.63) is 78.4 Å². The minimum absolute atomic E-state index is 0.0829. The molecule has 10 nitrogen and oxygen atoms in total. The summed E-state index contributed by atoms with van der Waals surface area (Å²) in [4.78, 5) is 48.1. The van der Waals surface area contributed by atoms with Gasteiger partial charge in [0.2, 0.25) is 5.91 Å². The number of nitrogens with one attached hydrogen (secondary N) is 3. The fourth-order valence-electron chi connectivity index (χ4n) is 3.96. The lowest BCUT2D eigenvalue weighted by Crippen LogP contribution is -2.48. The molecule has 3 aromatic carbocycles. The van der Waals surface area contributed by atoms with Gasteiger partial charge in [0.05, 0.1) is 0 Å². The van der Waals surface area contributed by atoms with Crippen LogP contribution in [0.15, 0.2) is 72.8 Å². The number of hydrogen-bond donors (Lipinski definition) is 4. The van der Waals surface area contributed by atoms with Crippen molar-refractivity contribution in [3.8, 4) is 5.75 Å². The van der Waals surface area contributed by atoms with Crippen LogP contribution in [0.25, 0.3) is 10.8 Å². The van der Waals surface area contributed by atoms with Crippen LogP contribution < -0.4 is 20.7 Å². The molecule has 0 saturated carbocycles. The number of carbonyl (C=O) groups excluding carboxylic acids is 3. The van der Waals surface area contributed by atoms with Crippen LogP contribution in [0.5, 0.6) is 5.75 Å². The van der Waals surface area contributed by atoms with E-state index in [9.17, 15) is 19.2 Å². The highest BCUT2D eigenvalue weighted by Crippen LogP contribution is 2.20. The zero-order chi connectivity index (χ0) is 28.6. The van der Waals surface area contributed by atoms with E-state index in [2.05, 4.69) is 16.0 Å². The van der Waals surface area contributed by atoms with E-state index in [-0.39, 0.29) is 31.9 Å². The zero-order valence-corrected chi connectivity index (χ0v) is 22.3. The summed E-state index contributed by atoms with van der Waals surface area (Å²) in [5, 5.41) is 18.7. The number of hydrogen-bond acceptors (Lipinski definition) is 6. The van der Waals surface area contributed by atoms with Crippen LogP contribution in [0, 0.1) is 0 Å². The third-order valence-electron chi connectivity index (χ3n) is 6.06. The van der Waals surface area contributed by atoms with Gasteiger partial charge in [0.15, 0.2) is 0 Å². The number of carbonyl (C=O) groups is 4. The van der Waals surface area contributed by atoms with Crippen molar-refractivity contribution < 1.29 is 33.8 Å². The summed E-state index contributed by atoms with van der Waals surface area (Å²) in [7, 11) is 0. The smallest absolute Gasteiger partial charge is 0.413 e. The van der Waals surface area contributed by atoms with E-state index in [0.717, 1.165) is 16.3 Å². The third kappa shape index (κ3) is 11.0. The van der Waals surface area contributed by atoms with E-state index in [1.54, 1.807) is 12.1 Å². The van der Waals surface area contributed by atoms with Crippen molar-refractivity contribution >= 4 is 34.8 Å². The molecular weight excluding hydrogens is 514 g/mol. The molecular formula is C30H35N3O7. The van der Waals surface area contributed by atoms with E-state index >= 15 is 0 Å². The van der Waals surface area contributed by atoms with Crippen molar-refractivity contribution in [1.29, 1.82) is 0 Å². The van der Waals surface area contributed by atoms with E-state index in [1.807, 2.05) is 60.7 Å². The largest absolute Gasteiger partial charge is 0.481 e. The number of aliphatic carboxylic acids is 1. The molecule has 0 spiro atoms. The van der Waals surface area contributed by atoms with Crippen LogP contribution in [-0.2, 0) is 20.9 Å². The summed E-state index contributed by atoms with van der Waals surface area (Å²) in [6.45, 7) is 0.737. The number of alkyl carbamates (subject to hydrolysis) is 1. The normalized spacial score (nSPS) is 11.3. The van der Waals surface area contributed by atoms with Crippen LogP contribution in [0.2, 0.25) is 0 Å². The van der Waals surface area contributed by atoms with Crippen LogP contribution in [-0.4, -0.2) is 48.3 Å². The maximum Gasteiger partial charge on any atom is 0.413 e. The van der Waals surface area contributed by atoms with Gasteiger partial charge in [-0.25, -0.2) is 9.59 Å².